The molecule has 2 heterocycles. The van der Waals surface area contributed by atoms with E-state index in [1.807, 2.05) is 0 Å². The van der Waals surface area contributed by atoms with Crippen molar-refractivity contribution in [2.45, 2.75) is 0 Å². The fourth-order valence-corrected chi connectivity index (χ4v) is 7.88. The Kier molecular flexibility index (Phi) is 6.81. The Morgan fingerprint density at radius 3 is 1.47 bits per heavy atom. The molecule has 0 saturated heterocycles. The van der Waals surface area contributed by atoms with Gasteiger partial charge in [-0.25, -0.2) is 0 Å². The van der Waals surface area contributed by atoms with Crippen molar-refractivity contribution in [2.24, 2.45) is 0 Å². The third kappa shape index (κ3) is 4.74. The minimum absolute atomic E-state index is 1.08. The van der Waals surface area contributed by atoms with E-state index in [1.54, 1.807) is 0 Å². The highest BCUT2D eigenvalue weighted by Crippen LogP contribution is 2.44. The minimum atomic E-state index is 1.08. The summed E-state index contributed by atoms with van der Waals surface area (Å²) in [5, 5.41) is 4.98. The zero-order chi connectivity index (χ0) is 33.7. The number of fused-ring (bicyclic) bond motifs is 6. The Bertz CT molecular complexity index is 2810. The van der Waals surface area contributed by atoms with E-state index in [0.717, 1.165) is 28.4 Å². The van der Waals surface area contributed by atoms with Gasteiger partial charge in [0.15, 0.2) is 0 Å². The van der Waals surface area contributed by atoms with Crippen molar-refractivity contribution in [3.8, 4) is 22.5 Å². The monoisotopic (exact) mass is 651 g/mol. The maximum absolute atomic E-state index is 2.42. The number of aromatic nitrogens is 2. The predicted molar refractivity (Wildman–Crippen MR) is 215 cm³/mol. The Balaban J connectivity index is 1.25. The highest BCUT2D eigenvalue weighted by atomic mass is 15.2. The summed E-state index contributed by atoms with van der Waals surface area (Å²) in [5.41, 5.74) is 12.6. The fraction of sp³-hybridized carbons (Fsp3) is 0. The first-order valence-electron chi connectivity index (χ1n) is 17.5. The minimum Gasteiger partial charge on any atom is -0.310 e. The van der Waals surface area contributed by atoms with Crippen LogP contribution in [-0.4, -0.2) is 9.13 Å². The number of para-hydroxylation sites is 5. The molecule has 8 aromatic carbocycles. The van der Waals surface area contributed by atoms with Crippen LogP contribution in [0.2, 0.25) is 0 Å². The summed E-state index contributed by atoms with van der Waals surface area (Å²) in [5.74, 6) is 0. The number of benzene rings is 8. The summed E-state index contributed by atoms with van der Waals surface area (Å²) in [6.45, 7) is 0. The molecule has 0 bridgehead atoms. The lowest BCUT2D eigenvalue weighted by Gasteiger charge is -2.28. The normalized spacial score (nSPS) is 11.5. The molecule has 51 heavy (non-hydrogen) atoms. The van der Waals surface area contributed by atoms with Crippen LogP contribution in [0.1, 0.15) is 0 Å². The van der Waals surface area contributed by atoms with Crippen molar-refractivity contribution in [2.75, 3.05) is 4.90 Å². The maximum Gasteiger partial charge on any atom is 0.0561 e. The Labute approximate surface area is 296 Å². The van der Waals surface area contributed by atoms with E-state index in [-0.39, 0.29) is 0 Å². The molecule has 0 radical (unpaired) electrons. The third-order valence-corrected chi connectivity index (χ3v) is 10.1. The van der Waals surface area contributed by atoms with Gasteiger partial charge < -0.3 is 14.0 Å². The number of hydrogen-bond donors (Lipinski definition) is 0. The van der Waals surface area contributed by atoms with Crippen molar-refractivity contribution in [1.82, 2.24) is 9.13 Å². The van der Waals surface area contributed by atoms with Crippen LogP contribution in [0.5, 0.6) is 0 Å². The second kappa shape index (κ2) is 11.9. The maximum atomic E-state index is 2.42. The summed E-state index contributed by atoms with van der Waals surface area (Å²) in [7, 11) is 0. The molecule has 2 aromatic heterocycles. The lowest BCUT2D eigenvalue weighted by atomic mass is 10.0. The summed E-state index contributed by atoms with van der Waals surface area (Å²) >= 11 is 0. The molecule has 3 nitrogen and oxygen atoms in total. The second-order valence-electron chi connectivity index (χ2n) is 13.0. The molecule has 0 amide bonds. The summed E-state index contributed by atoms with van der Waals surface area (Å²) in [4.78, 5) is 2.42. The Morgan fingerprint density at radius 1 is 0.314 bits per heavy atom. The molecule has 0 spiro atoms. The second-order valence-corrected chi connectivity index (χ2v) is 13.0. The Hall–Kier alpha value is -6.84. The smallest absolute Gasteiger partial charge is 0.0561 e. The fourth-order valence-electron chi connectivity index (χ4n) is 7.88. The van der Waals surface area contributed by atoms with E-state index in [9.17, 15) is 0 Å². The molecule has 0 N–H and O–H groups in total. The van der Waals surface area contributed by atoms with Crippen LogP contribution in [0.4, 0.5) is 17.1 Å². The first-order valence-corrected chi connectivity index (χ1v) is 17.5. The SMILES string of the molecule is c1ccc(-c2ccccc2N(c2cccc(-n3c4ccccc4c4ccccc43)c2)c2ccc3c4ccccc4n(-c4ccccc4)c3c2)cc1. The van der Waals surface area contributed by atoms with Crippen LogP contribution in [0.3, 0.4) is 0 Å². The van der Waals surface area contributed by atoms with Gasteiger partial charge in [-0.15, -0.1) is 0 Å². The van der Waals surface area contributed by atoms with Crippen LogP contribution in [0.25, 0.3) is 66.1 Å². The molecule has 0 atom stereocenters. The van der Waals surface area contributed by atoms with Gasteiger partial charge in [0.2, 0.25) is 0 Å². The highest BCUT2D eigenvalue weighted by Gasteiger charge is 2.21. The molecular formula is C48H33N3. The summed E-state index contributed by atoms with van der Waals surface area (Å²) in [6.07, 6.45) is 0. The molecule has 240 valence electrons. The molecular weight excluding hydrogens is 619 g/mol. The van der Waals surface area contributed by atoms with Crippen LogP contribution < -0.4 is 4.90 Å². The van der Waals surface area contributed by atoms with E-state index >= 15 is 0 Å². The van der Waals surface area contributed by atoms with Gasteiger partial charge in [-0.1, -0.05) is 133 Å². The number of nitrogens with zero attached hydrogens (tertiary/aromatic N) is 3. The molecule has 0 aliphatic carbocycles. The molecule has 10 rings (SSSR count). The van der Waals surface area contributed by atoms with Gasteiger partial charge in [0, 0.05) is 49.9 Å². The highest BCUT2D eigenvalue weighted by molar-refractivity contribution is 6.11. The topological polar surface area (TPSA) is 13.1 Å². The van der Waals surface area contributed by atoms with Crippen LogP contribution in [0, 0.1) is 0 Å². The quantitative estimate of drug-likeness (QED) is 0.174. The van der Waals surface area contributed by atoms with Crippen molar-refractivity contribution >= 4 is 60.7 Å². The number of hydrogen-bond acceptors (Lipinski definition) is 1. The molecule has 10 aromatic rings. The van der Waals surface area contributed by atoms with Gasteiger partial charge in [0.25, 0.3) is 0 Å². The first kappa shape index (κ1) is 29.1. The van der Waals surface area contributed by atoms with E-state index < -0.39 is 0 Å². The molecule has 0 aliphatic rings. The van der Waals surface area contributed by atoms with Crippen molar-refractivity contribution in [3.63, 3.8) is 0 Å². The van der Waals surface area contributed by atoms with Crippen molar-refractivity contribution in [1.29, 1.82) is 0 Å². The zero-order valence-corrected chi connectivity index (χ0v) is 27.9. The van der Waals surface area contributed by atoms with Crippen molar-refractivity contribution in [3.05, 3.63) is 200 Å². The van der Waals surface area contributed by atoms with Gasteiger partial charge in [-0.2, -0.15) is 0 Å². The average molecular weight is 652 g/mol. The molecule has 3 heteroatoms. The zero-order valence-electron chi connectivity index (χ0n) is 27.9. The van der Waals surface area contributed by atoms with Gasteiger partial charge in [-0.05, 0) is 72.3 Å². The van der Waals surface area contributed by atoms with Crippen molar-refractivity contribution < 1.29 is 0 Å². The van der Waals surface area contributed by atoms with Crippen LogP contribution in [-0.2, 0) is 0 Å². The molecule has 0 aliphatic heterocycles. The van der Waals surface area contributed by atoms with E-state index in [0.29, 0.717) is 0 Å². The largest absolute Gasteiger partial charge is 0.310 e. The van der Waals surface area contributed by atoms with Crippen LogP contribution in [0.15, 0.2) is 200 Å². The van der Waals surface area contributed by atoms with Gasteiger partial charge in [0.1, 0.15) is 0 Å². The van der Waals surface area contributed by atoms with Gasteiger partial charge >= 0.3 is 0 Å². The van der Waals surface area contributed by atoms with E-state index in [4.69, 9.17) is 0 Å². The first-order chi connectivity index (χ1) is 25.3. The predicted octanol–water partition coefficient (Wildman–Crippen LogP) is 13.0. The third-order valence-electron chi connectivity index (χ3n) is 10.1. The lowest BCUT2D eigenvalue weighted by Crippen LogP contribution is -2.12. The average Bonchev–Trinajstić information content (AvgIpc) is 3.72. The summed E-state index contributed by atoms with van der Waals surface area (Å²) < 4.78 is 4.79. The number of rotatable bonds is 6. The standard InChI is InChI=1S/C48H33N3/c1-3-16-34(17-4-1)39-22-7-11-26-44(39)49(36-20-15-21-37(32-36)51-46-28-13-8-23-40(46)41-24-9-14-29-47(41)51)38-30-31-43-42-25-10-12-27-45(42)50(48(43)33-38)35-18-5-2-6-19-35/h1-33H. The molecule has 0 unspecified atom stereocenters. The van der Waals surface area contributed by atoms with Gasteiger partial charge in [0.05, 0.1) is 27.8 Å². The summed E-state index contributed by atoms with van der Waals surface area (Å²) in [6, 6.07) is 72.2. The number of anilines is 3. The van der Waals surface area contributed by atoms with Crippen LogP contribution >= 0.6 is 0 Å². The molecule has 0 fully saturated rings. The lowest BCUT2D eigenvalue weighted by molar-refractivity contribution is 1.16. The van der Waals surface area contributed by atoms with E-state index in [1.165, 1.54) is 54.7 Å². The Morgan fingerprint density at radius 2 is 0.804 bits per heavy atom. The van der Waals surface area contributed by atoms with E-state index in [2.05, 4.69) is 214 Å². The van der Waals surface area contributed by atoms with Gasteiger partial charge in [-0.3, -0.25) is 0 Å². The molecule has 0 saturated carbocycles.